The summed E-state index contributed by atoms with van der Waals surface area (Å²) in [5, 5.41) is 10.1. The van der Waals surface area contributed by atoms with Crippen LogP contribution in [0.5, 0.6) is 0 Å². The van der Waals surface area contributed by atoms with E-state index in [9.17, 15) is 5.11 Å². The van der Waals surface area contributed by atoms with E-state index in [1.807, 2.05) is 6.07 Å². The molecule has 0 aliphatic heterocycles. The highest BCUT2D eigenvalue weighted by molar-refractivity contribution is 7.05. The Hall–Kier alpha value is -0.450. The molecule has 3 N–H and O–H groups in total. The first-order chi connectivity index (χ1) is 6.28. The minimum Gasteiger partial charge on any atom is -0.387 e. The Labute approximate surface area is 81.8 Å². The van der Waals surface area contributed by atoms with Crippen LogP contribution in [0.3, 0.4) is 0 Å². The number of nitrogens with zero attached hydrogens (tertiary/aromatic N) is 1. The summed E-state index contributed by atoms with van der Waals surface area (Å²) >= 11 is 1.37. The molecular formula is C9H14N2OS. The van der Waals surface area contributed by atoms with Crippen molar-refractivity contribution in [2.75, 3.05) is 6.54 Å². The average molecular weight is 198 g/mol. The van der Waals surface area contributed by atoms with E-state index in [1.165, 1.54) is 18.0 Å². The van der Waals surface area contributed by atoms with Crippen LogP contribution in [0.1, 0.15) is 30.2 Å². The zero-order valence-electron chi connectivity index (χ0n) is 7.44. The molecule has 0 bridgehead atoms. The molecule has 1 aliphatic rings. The van der Waals surface area contributed by atoms with Crippen molar-refractivity contribution in [3.8, 4) is 0 Å². The lowest BCUT2D eigenvalue weighted by Gasteiger charge is -2.44. The van der Waals surface area contributed by atoms with Gasteiger partial charge in [-0.2, -0.15) is 0 Å². The Kier molecular flexibility index (Phi) is 2.36. The average Bonchev–Trinajstić information content (AvgIpc) is 2.54. The number of aliphatic hydroxyl groups is 1. The monoisotopic (exact) mass is 198 g/mol. The minimum atomic E-state index is -0.404. The molecule has 1 unspecified atom stereocenters. The molecule has 1 fully saturated rings. The number of hydrogen-bond acceptors (Lipinski definition) is 4. The van der Waals surface area contributed by atoms with Gasteiger partial charge in [0.05, 0.1) is 11.0 Å². The maximum Gasteiger partial charge on any atom is 0.0965 e. The van der Waals surface area contributed by atoms with Crippen LogP contribution in [-0.2, 0) is 0 Å². The second kappa shape index (κ2) is 3.36. The van der Waals surface area contributed by atoms with Crippen molar-refractivity contribution < 1.29 is 5.11 Å². The van der Waals surface area contributed by atoms with Crippen LogP contribution in [0.25, 0.3) is 0 Å². The minimum absolute atomic E-state index is 0.0491. The highest BCUT2D eigenvalue weighted by Crippen LogP contribution is 2.49. The van der Waals surface area contributed by atoms with Crippen molar-refractivity contribution in [1.29, 1.82) is 0 Å². The van der Waals surface area contributed by atoms with E-state index in [1.54, 1.807) is 6.20 Å². The van der Waals surface area contributed by atoms with Crippen LogP contribution in [0, 0.1) is 5.41 Å². The molecule has 1 aromatic rings. The maximum absolute atomic E-state index is 10.1. The fraction of sp³-hybridized carbons (Fsp3) is 0.667. The maximum atomic E-state index is 10.1. The third-order valence-corrected chi connectivity index (χ3v) is 3.86. The van der Waals surface area contributed by atoms with E-state index in [-0.39, 0.29) is 5.41 Å². The summed E-state index contributed by atoms with van der Waals surface area (Å²) in [6, 6.07) is 1.88. The smallest absolute Gasteiger partial charge is 0.0965 e. The Morgan fingerprint density at radius 3 is 2.85 bits per heavy atom. The lowest BCUT2D eigenvalue weighted by molar-refractivity contribution is -0.0275. The van der Waals surface area contributed by atoms with Gasteiger partial charge in [0.1, 0.15) is 0 Å². The van der Waals surface area contributed by atoms with Gasteiger partial charge >= 0.3 is 0 Å². The number of aromatic nitrogens is 1. The lowest BCUT2D eigenvalue weighted by Crippen LogP contribution is -2.42. The van der Waals surface area contributed by atoms with Gasteiger partial charge in [-0.05, 0) is 30.4 Å². The summed E-state index contributed by atoms with van der Waals surface area (Å²) in [6.45, 7) is 0.575. The Balaban J connectivity index is 2.16. The summed E-state index contributed by atoms with van der Waals surface area (Å²) < 4.78 is 3.99. The van der Waals surface area contributed by atoms with Crippen LogP contribution in [0.15, 0.2) is 12.3 Å². The van der Waals surface area contributed by atoms with Crippen LogP contribution in [-0.4, -0.2) is 16.0 Å². The van der Waals surface area contributed by atoms with Gasteiger partial charge in [-0.15, -0.1) is 0 Å². The number of nitrogens with two attached hydrogens (primary N) is 1. The quantitative estimate of drug-likeness (QED) is 0.769. The molecule has 3 nitrogen and oxygen atoms in total. The molecule has 1 aliphatic carbocycles. The molecule has 0 aromatic carbocycles. The summed E-state index contributed by atoms with van der Waals surface area (Å²) in [7, 11) is 0. The Morgan fingerprint density at radius 1 is 1.69 bits per heavy atom. The largest absolute Gasteiger partial charge is 0.387 e. The number of rotatable bonds is 3. The van der Waals surface area contributed by atoms with Crippen molar-refractivity contribution in [2.24, 2.45) is 11.1 Å². The van der Waals surface area contributed by atoms with E-state index >= 15 is 0 Å². The van der Waals surface area contributed by atoms with Crippen molar-refractivity contribution >= 4 is 11.5 Å². The molecule has 1 aromatic heterocycles. The van der Waals surface area contributed by atoms with Gasteiger partial charge in [0.15, 0.2) is 0 Å². The van der Waals surface area contributed by atoms with Crippen LogP contribution in [0.4, 0.5) is 0 Å². The summed E-state index contributed by atoms with van der Waals surface area (Å²) in [4.78, 5) is 0.949. The topological polar surface area (TPSA) is 59.1 Å². The lowest BCUT2D eigenvalue weighted by atomic mass is 9.65. The third kappa shape index (κ3) is 1.39. The van der Waals surface area contributed by atoms with Gasteiger partial charge in [0, 0.05) is 18.2 Å². The van der Waals surface area contributed by atoms with E-state index in [0.717, 1.165) is 17.7 Å². The van der Waals surface area contributed by atoms with Gasteiger partial charge in [-0.3, -0.25) is 0 Å². The molecule has 0 spiro atoms. The molecule has 0 saturated heterocycles. The SMILES string of the molecule is NCC1(C(O)c2ccns2)CCC1. The van der Waals surface area contributed by atoms with Crippen molar-refractivity contribution in [2.45, 2.75) is 25.4 Å². The molecular weight excluding hydrogens is 184 g/mol. The van der Waals surface area contributed by atoms with E-state index < -0.39 is 6.10 Å². The standard InChI is InChI=1S/C9H14N2OS/c10-6-9(3-1-4-9)8(12)7-2-5-11-13-7/h2,5,8,12H,1,3-4,6,10H2. The highest BCUT2D eigenvalue weighted by atomic mass is 32.1. The molecule has 1 saturated carbocycles. The van der Waals surface area contributed by atoms with E-state index in [2.05, 4.69) is 4.37 Å². The molecule has 13 heavy (non-hydrogen) atoms. The first kappa shape index (κ1) is 9.12. The molecule has 1 heterocycles. The van der Waals surface area contributed by atoms with E-state index in [4.69, 9.17) is 5.73 Å². The molecule has 1 atom stereocenters. The van der Waals surface area contributed by atoms with Crippen LogP contribution in [0.2, 0.25) is 0 Å². The van der Waals surface area contributed by atoms with Crippen molar-refractivity contribution in [3.05, 3.63) is 17.1 Å². The summed E-state index contributed by atoms with van der Waals surface area (Å²) in [5.41, 5.74) is 5.65. The normalized spacial score (nSPS) is 22.3. The fourth-order valence-corrected chi connectivity index (χ4v) is 2.60. The van der Waals surface area contributed by atoms with Crippen molar-refractivity contribution in [3.63, 3.8) is 0 Å². The predicted molar refractivity (Wildman–Crippen MR) is 52.4 cm³/mol. The first-order valence-electron chi connectivity index (χ1n) is 4.57. The highest BCUT2D eigenvalue weighted by Gasteiger charge is 2.43. The van der Waals surface area contributed by atoms with Crippen molar-refractivity contribution in [1.82, 2.24) is 4.37 Å². The fourth-order valence-electron chi connectivity index (χ4n) is 1.89. The van der Waals surface area contributed by atoms with Gasteiger partial charge in [0.25, 0.3) is 0 Å². The molecule has 72 valence electrons. The van der Waals surface area contributed by atoms with Gasteiger partial charge in [0.2, 0.25) is 0 Å². The van der Waals surface area contributed by atoms with Gasteiger partial charge in [-0.25, -0.2) is 4.37 Å². The second-order valence-electron chi connectivity index (χ2n) is 3.74. The number of aliphatic hydroxyl groups excluding tert-OH is 1. The third-order valence-electron chi connectivity index (χ3n) is 3.06. The van der Waals surface area contributed by atoms with Crippen LogP contribution >= 0.6 is 11.5 Å². The number of hydrogen-bond donors (Lipinski definition) is 2. The molecule has 4 heteroatoms. The van der Waals surface area contributed by atoms with Crippen LogP contribution < -0.4 is 5.73 Å². The first-order valence-corrected chi connectivity index (χ1v) is 5.34. The second-order valence-corrected chi connectivity index (χ2v) is 4.60. The Morgan fingerprint density at radius 2 is 2.46 bits per heavy atom. The summed E-state index contributed by atoms with van der Waals surface area (Å²) in [5.74, 6) is 0. The molecule has 2 rings (SSSR count). The Bertz CT molecular complexity index is 264. The zero-order chi connectivity index (χ0) is 9.31. The molecule has 0 radical (unpaired) electrons. The zero-order valence-corrected chi connectivity index (χ0v) is 8.26. The predicted octanol–water partition coefficient (Wildman–Crippen LogP) is 1.31. The van der Waals surface area contributed by atoms with Gasteiger partial charge in [-0.1, -0.05) is 6.42 Å². The summed E-state index contributed by atoms with van der Waals surface area (Å²) in [6.07, 6.45) is 4.60. The van der Waals surface area contributed by atoms with Gasteiger partial charge < -0.3 is 10.8 Å². The van der Waals surface area contributed by atoms with E-state index in [0.29, 0.717) is 6.54 Å². The molecule has 0 amide bonds.